The van der Waals surface area contributed by atoms with E-state index in [2.05, 4.69) is 4.72 Å². The zero-order valence-corrected chi connectivity index (χ0v) is 19.6. The molecule has 1 heterocycles. The van der Waals surface area contributed by atoms with E-state index in [0.29, 0.717) is 16.2 Å². The molecule has 0 unspecified atom stereocenters. The van der Waals surface area contributed by atoms with Gasteiger partial charge in [-0.2, -0.15) is 0 Å². The third-order valence-electron chi connectivity index (χ3n) is 5.12. The molecule has 0 saturated heterocycles. The fourth-order valence-electron chi connectivity index (χ4n) is 3.49. The van der Waals surface area contributed by atoms with Crippen LogP contribution in [-0.4, -0.2) is 20.5 Å². The highest BCUT2D eigenvalue weighted by Crippen LogP contribution is 2.33. The molecule has 0 fully saturated rings. The number of fused-ring (bicyclic) bond motifs is 1. The molecule has 1 aromatic heterocycles. The number of ketones is 1. The van der Waals surface area contributed by atoms with E-state index in [1.54, 1.807) is 12.1 Å². The first kappa shape index (κ1) is 22.6. The van der Waals surface area contributed by atoms with Crippen LogP contribution < -0.4 is 4.72 Å². The standard InChI is InChI=1S/C24H19Cl2NO4S/c1-14-19-8-6-17(16-5-3-4-15(10-16)13-27-32(2,29)30)11-22(19)31-24(14)23(28)20-9-7-18(25)12-21(20)26/h3-12,27H,13H2,1-2H3. The van der Waals surface area contributed by atoms with E-state index in [-0.39, 0.29) is 23.1 Å². The third kappa shape index (κ3) is 4.74. The van der Waals surface area contributed by atoms with Crippen molar-refractivity contribution in [1.82, 2.24) is 4.72 Å². The maximum Gasteiger partial charge on any atom is 0.229 e. The van der Waals surface area contributed by atoms with Gasteiger partial charge < -0.3 is 4.42 Å². The first-order valence-corrected chi connectivity index (χ1v) is 12.3. The van der Waals surface area contributed by atoms with Gasteiger partial charge in [-0.3, -0.25) is 4.79 Å². The highest BCUT2D eigenvalue weighted by molar-refractivity contribution is 7.88. The smallest absolute Gasteiger partial charge is 0.229 e. The molecule has 0 aliphatic carbocycles. The second kappa shape index (κ2) is 8.71. The van der Waals surface area contributed by atoms with E-state index in [1.807, 2.05) is 49.4 Å². The van der Waals surface area contributed by atoms with Crippen LogP contribution in [0.5, 0.6) is 0 Å². The summed E-state index contributed by atoms with van der Waals surface area (Å²) in [5.41, 5.74) is 4.25. The van der Waals surface area contributed by atoms with Crippen molar-refractivity contribution in [3.63, 3.8) is 0 Å². The lowest BCUT2D eigenvalue weighted by molar-refractivity contribution is 0.101. The number of sulfonamides is 1. The SMILES string of the molecule is Cc1c(C(=O)c2ccc(Cl)cc2Cl)oc2cc(-c3cccc(CNS(C)(=O)=O)c3)ccc12. The predicted octanol–water partition coefficient (Wildman–Crippen LogP) is 6.00. The molecular formula is C24H19Cl2NO4S. The molecule has 8 heteroatoms. The van der Waals surface area contributed by atoms with Crippen LogP contribution in [0.15, 0.2) is 65.1 Å². The fourth-order valence-corrected chi connectivity index (χ4v) is 4.42. The minimum absolute atomic E-state index is 0.204. The number of benzene rings is 3. The van der Waals surface area contributed by atoms with Crippen LogP contribution >= 0.6 is 23.2 Å². The quantitative estimate of drug-likeness (QED) is 0.338. The molecule has 0 bridgehead atoms. The molecule has 1 N–H and O–H groups in total. The van der Waals surface area contributed by atoms with Crippen LogP contribution in [0.1, 0.15) is 27.2 Å². The number of nitrogens with one attached hydrogen (secondary N) is 1. The van der Waals surface area contributed by atoms with E-state index in [9.17, 15) is 13.2 Å². The Kier molecular flexibility index (Phi) is 6.14. The van der Waals surface area contributed by atoms with Crippen molar-refractivity contribution in [2.75, 3.05) is 6.26 Å². The zero-order chi connectivity index (χ0) is 23.0. The number of furan rings is 1. The van der Waals surface area contributed by atoms with Crippen LogP contribution in [0.2, 0.25) is 10.0 Å². The van der Waals surface area contributed by atoms with Crippen LogP contribution in [-0.2, 0) is 16.6 Å². The number of aryl methyl sites for hydroxylation is 1. The molecule has 0 aliphatic rings. The summed E-state index contributed by atoms with van der Waals surface area (Å²) >= 11 is 12.1. The maximum atomic E-state index is 13.0. The molecule has 0 amide bonds. The van der Waals surface area contributed by atoms with Crippen molar-refractivity contribution in [3.05, 3.63) is 93.2 Å². The summed E-state index contributed by atoms with van der Waals surface area (Å²) in [5, 5.41) is 1.55. The zero-order valence-electron chi connectivity index (χ0n) is 17.3. The Balaban J connectivity index is 1.69. The predicted molar refractivity (Wildman–Crippen MR) is 128 cm³/mol. The summed E-state index contributed by atoms with van der Waals surface area (Å²) in [6.45, 7) is 2.04. The Labute approximate surface area is 196 Å². The van der Waals surface area contributed by atoms with Crippen molar-refractivity contribution >= 4 is 50.0 Å². The van der Waals surface area contributed by atoms with Gasteiger partial charge in [0.05, 0.1) is 11.3 Å². The molecule has 0 spiro atoms. The van der Waals surface area contributed by atoms with E-state index in [4.69, 9.17) is 27.6 Å². The molecule has 164 valence electrons. The lowest BCUT2D eigenvalue weighted by Gasteiger charge is -2.06. The molecule has 0 radical (unpaired) electrons. The monoisotopic (exact) mass is 487 g/mol. The molecular weight excluding hydrogens is 469 g/mol. The molecule has 4 rings (SSSR count). The molecule has 32 heavy (non-hydrogen) atoms. The summed E-state index contributed by atoms with van der Waals surface area (Å²) in [6, 6.07) is 18.0. The van der Waals surface area contributed by atoms with E-state index in [0.717, 1.165) is 33.9 Å². The average Bonchev–Trinajstić information content (AvgIpc) is 3.07. The minimum Gasteiger partial charge on any atom is -0.452 e. The normalized spacial score (nSPS) is 11.8. The average molecular weight is 488 g/mol. The molecule has 0 atom stereocenters. The summed E-state index contributed by atoms with van der Waals surface area (Å²) in [7, 11) is -3.28. The maximum absolute atomic E-state index is 13.0. The molecule has 4 aromatic rings. The number of carbonyl (C=O) groups excluding carboxylic acids is 1. The van der Waals surface area contributed by atoms with Crippen molar-refractivity contribution in [2.24, 2.45) is 0 Å². The van der Waals surface area contributed by atoms with Crippen molar-refractivity contribution in [3.8, 4) is 11.1 Å². The van der Waals surface area contributed by atoms with E-state index >= 15 is 0 Å². The Morgan fingerprint density at radius 3 is 2.47 bits per heavy atom. The highest BCUT2D eigenvalue weighted by Gasteiger charge is 2.21. The van der Waals surface area contributed by atoms with Gasteiger partial charge in [-0.1, -0.05) is 53.5 Å². The summed E-state index contributed by atoms with van der Waals surface area (Å²) in [4.78, 5) is 13.0. The first-order chi connectivity index (χ1) is 15.1. The Morgan fingerprint density at radius 2 is 1.75 bits per heavy atom. The number of rotatable bonds is 6. The Morgan fingerprint density at radius 1 is 1.00 bits per heavy atom. The van der Waals surface area contributed by atoms with Gasteiger partial charge in [0.15, 0.2) is 5.76 Å². The number of halogens is 2. The summed E-state index contributed by atoms with van der Waals surface area (Å²) < 4.78 is 31.2. The van der Waals surface area contributed by atoms with Gasteiger partial charge in [0.2, 0.25) is 15.8 Å². The van der Waals surface area contributed by atoms with Gasteiger partial charge >= 0.3 is 0 Å². The Bertz CT molecular complexity index is 1460. The van der Waals surface area contributed by atoms with Gasteiger partial charge in [0, 0.05) is 28.1 Å². The number of carbonyl (C=O) groups is 1. The summed E-state index contributed by atoms with van der Waals surface area (Å²) in [6.07, 6.45) is 1.13. The highest BCUT2D eigenvalue weighted by atomic mass is 35.5. The van der Waals surface area contributed by atoms with Gasteiger partial charge in [-0.15, -0.1) is 0 Å². The first-order valence-electron chi connectivity index (χ1n) is 9.69. The lowest BCUT2D eigenvalue weighted by atomic mass is 10.0. The molecule has 5 nitrogen and oxygen atoms in total. The number of hydrogen-bond acceptors (Lipinski definition) is 4. The van der Waals surface area contributed by atoms with Gasteiger partial charge in [0.25, 0.3) is 0 Å². The summed E-state index contributed by atoms with van der Waals surface area (Å²) in [5.74, 6) is -0.0803. The topological polar surface area (TPSA) is 76.4 Å². The van der Waals surface area contributed by atoms with E-state index < -0.39 is 10.0 Å². The molecule has 0 aliphatic heterocycles. The van der Waals surface area contributed by atoms with Gasteiger partial charge in [0.1, 0.15) is 5.58 Å². The van der Waals surface area contributed by atoms with Gasteiger partial charge in [-0.25, -0.2) is 13.1 Å². The molecule has 0 saturated carbocycles. The Hall–Kier alpha value is -2.64. The minimum atomic E-state index is -3.28. The van der Waals surface area contributed by atoms with Crippen molar-refractivity contribution in [1.29, 1.82) is 0 Å². The van der Waals surface area contributed by atoms with Crippen LogP contribution in [0, 0.1) is 6.92 Å². The molecule has 3 aromatic carbocycles. The van der Waals surface area contributed by atoms with Crippen LogP contribution in [0.3, 0.4) is 0 Å². The lowest BCUT2D eigenvalue weighted by Crippen LogP contribution is -2.21. The van der Waals surface area contributed by atoms with Crippen LogP contribution in [0.4, 0.5) is 0 Å². The van der Waals surface area contributed by atoms with Crippen molar-refractivity contribution in [2.45, 2.75) is 13.5 Å². The largest absolute Gasteiger partial charge is 0.452 e. The van der Waals surface area contributed by atoms with E-state index in [1.165, 1.54) is 6.07 Å². The van der Waals surface area contributed by atoms with Gasteiger partial charge in [-0.05, 0) is 53.9 Å². The second-order valence-corrected chi connectivity index (χ2v) is 10.2. The second-order valence-electron chi connectivity index (χ2n) is 7.51. The third-order valence-corrected chi connectivity index (χ3v) is 6.34. The van der Waals surface area contributed by atoms with Crippen molar-refractivity contribution < 1.29 is 17.6 Å². The van der Waals surface area contributed by atoms with Crippen LogP contribution in [0.25, 0.3) is 22.1 Å². The fraction of sp³-hybridized carbons (Fsp3) is 0.125. The number of hydrogen-bond donors (Lipinski definition) is 1.